The molecular weight excluding hydrogens is 361 g/mol. The lowest BCUT2D eigenvalue weighted by Gasteiger charge is -2.10. The zero-order valence-corrected chi connectivity index (χ0v) is 14.0. The summed E-state index contributed by atoms with van der Waals surface area (Å²) in [4.78, 5) is 4.50. The molecule has 0 bridgehead atoms. The molecule has 0 aliphatic carbocycles. The first-order chi connectivity index (χ1) is 8.26. The zero-order chi connectivity index (χ0) is 12.5. The molecule has 0 aliphatic rings. The quantitative estimate of drug-likeness (QED) is 0.466. The van der Waals surface area contributed by atoms with Crippen LogP contribution in [-0.4, -0.2) is 19.0 Å². The molecule has 5 heteroatoms. The van der Waals surface area contributed by atoms with Crippen molar-refractivity contribution in [1.29, 1.82) is 0 Å². The maximum absolute atomic E-state index is 5.83. The second-order valence-electron chi connectivity index (χ2n) is 3.75. The first-order valence-electron chi connectivity index (χ1n) is 6.03. The Bertz CT molecular complexity index is 352. The molecule has 0 unspecified atom stereocenters. The SMILES string of the molecule is CCCNC(=NCc1ccc(Cl)cc1)NCC.I. The van der Waals surface area contributed by atoms with Crippen molar-refractivity contribution in [1.82, 2.24) is 10.6 Å². The Labute approximate surface area is 131 Å². The molecule has 18 heavy (non-hydrogen) atoms. The van der Waals surface area contributed by atoms with Crippen LogP contribution in [0.3, 0.4) is 0 Å². The summed E-state index contributed by atoms with van der Waals surface area (Å²) in [5.74, 6) is 0.865. The molecule has 0 aliphatic heterocycles. The van der Waals surface area contributed by atoms with Crippen molar-refractivity contribution in [3.05, 3.63) is 34.9 Å². The van der Waals surface area contributed by atoms with Crippen LogP contribution in [0, 0.1) is 0 Å². The number of hydrogen-bond donors (Lipinski definition) is 2. The summed E-state index contributed by atoms with van der Waals surface area (Å²) < 4.78 is 0. The largest absolute Gasteiger partial charge is 0.357 e. The van der Waals surface area contributed by atoms with Crippen LogP contribution in [0.1, 0.15) is 25.8 Å². The van der Waals surface area contributed by atoms with E-state index >= 15 is 0 Å². The molecule has 0 atom stereocenters. The van der Waals surface area contributed by atoms with Gasteiger partial charge in [-0.2, -0.15) is 0 Å². The second-order valence-corrected chi connectivity index (χ2v) is 4.18. The lowest BCUT2D eigenvalue weighted by molar-refractivity contribution is 0.785. The first-order valence-corrected chi connectivity index (χ1v) is 6.40. The third-order valence-corrected chi connectivity index (χ3v) is 2.47. The molecule has 3 nitrogen and oxygen atoms in total. The summed E-state index contributed by atoms with van der Waals surface area (Å²) in [7, 11) is 0. The summed E-state index contributed by atoms with van der Waals surface area (Å²) in [6.45, 7) is 6.67. The summed E-state index contributed by atoms with van der Waals surface area (Å²) in [5, 5.41) is 7.23. The van der Waals surface area contributed by atoms with Gasteiger partial charge in [-0.3, -0.25) is 0 Å². The Balaban J connectivity index is 0.00000289. The van der Waals surface area contributed by atoms with Crippen LogP contribution in [0.25, 0.3) is 0 Å². The van der Waals surface area contributed by atoms with Gasteiger partial charge in [-0.15, -0.1) is 24.0 Å². The summed E-state index contributed by atoms with van der Waals surface area (Å²) in [5.41, 5.74) is 1.16. The molecule has 0 radical (unpaired) electrons. The summed E-state index contributed by atoms with van der Waals surface area (Å²) >= 11 is 5.83. The number of nitrogens with zero attached hydrogens (tertiary/aromatic N) is 1. The van der Waals surface area contributed by atoms with Crippen LogP contribution >= 0.6 is 35.6 Å². The minimum Gasteiger partial charge on any atom is -0.357 e. The summed E-state index contributed by atoms with van der Waals surface area (Å²) in [6.07, 6.45) is 1.09. The van der Waals surface area contributed by atoms with Gasteiger partial charge < -0.3 is 10.6 Å². The Hall–Kier alpha value is -0.490. The van der Waals surface area contributed by atoms with E-state index in [0.29, 0.717) is 6.54 Å². The van der Waals surface area contributed by atoms with Crippen molar-refractivity contribution in [2.24, 2.45) is 4.99 Å². The van der Waals surface area contributed by atoms with Crippen molar-refractivity contribution >= 4 is 41.5 Å². The van der Waals surface area contributed by atoms with Crippen LogP contribution in [-0.2, 0) is 6.54 Å². The highest BCUT2D eigenvalue weighted by Gasteiger charge is 1.96. The maximum Gasteiger partial charge on any atom is 0.191 e. The van der Waals surface area contributed by atoms with E-state index < -0.39 is 0 Å². The Kier molecular flexibility index (Phi) is 10.2. The molecule has 1 rings (SSSR count). The van der Waals surface area contributed by atoms with E-state index in [0.717, 1.165) is 36.1 Å². The molecule has 102 valence electrons. The average Bonchev–Trinajstić information content (AvgIpc) is 2.35. The molecule has 0 heterocycles. The molecule has 0 saturated carbocycles. The second kappa shape index (κ2) is 10.4. The van der Waals surface area contributed by atoms with Gasteiger partial charge in [-0.1, -0.05) is 30.7 Å². The number of guanidine groups is 1. The van der Waals surface area contributed by atoms with Crippen molar-refractivity contribution in [3.63, 3.8) is 0 Å². The Morgan fingerprint density at radius 1 is 1.17 bits per heavy atom. The van der Waals surface area contributed by atoms with Crippen LogP contribution in [0.2, 0.25) is 5.02 Å². The molecule has 0 fully saturated rings. The summed E-state index contributed by atoms with van der Waals surface area (Å²) in [6, 6.07) is 7.77. The van der Waals surface area contributed by atoms with Crippen LogP contribution in [0.5, 0.6) is 0 Å². The van der Waals surface area contributed by atoms with Gasteiger partial charge in [-0.25, -0.2) is 4.99 Å². The maximum atomic E-state index is 5.83. The molecule has 1 aromatic rings. The van der Waals surface area contributed by atoms with Crippen molar-refractivity contribution < 1.29 is 0 Å². The van der Waals surface area contributed by atoms with Gasteiger partial charge in [-0.05, 0) is 31.0 Å². The van der Waals surface area contributed by atoms with Crippen LogP contribution in [0.15, 0.2) is 29.3 Å². The highest BCUT2D eigenvalue weighted by atomic mass is 127. The minimum atomic E-state index is 0. The molecule has 0 saturated heterocycles. The van der Waals surface area contributed by atoms with Crippen molar-refractivity contribution in [2.75, 3.05) is 13.1 Å². The number of benzene rings is 1. The normalized spacial score (nSPS) is 10.7. The number of nitrogens with one attached hydrogen (secondary N) is 2. The van der Waals surface area contributed by atoms with E-state index in [-0.39, 0.29) is 24.0 Å². The predicted molar refractivity (Wildman–Crippen MR) is 90.0 cm³/mol. The van der Waals surface area contributed by atoms with Gasteiger partial charge >= 0.3 is 0 Å². The molecule has 0 aromatic heterocycles. The monoisotopic (exact) mass is 381 g/mol. The van der Waals surface area contributed by atoms with Gasteiger partial charge in [0, 0.05) is 18.1 Å². The number of hydrogen-bond acceptors (Lipinski definition) is 1. The highest BCUT2D eigenvalue weighted by Crippen LogP contribution is 2.09. The molecule has 2 N–H and O–H groups in total. The fraction of sp³-hybridized carbons (Fsp3) is 0.462. The van der Waals surface area contributed by atoms with Gasteiger partial charge in [0.25, 0.3) is 0 Å². The first kappa shape index (κ1) is 17.5. The zero-order valence-electron chi connectivity index (χ0n) is 10.9. The van der Waals surface area contributed by atoms with Gasteiger partial charge in [0.2, 0.25) is 0 Å². The molecule has 0 amide bonds. The molecule has 0 spiro atoms. The topological polar surface area (TPSA) is 36.4 Å². The Morgan fingerprint density at radius 2 is 1.83 bits per heavy atom. The van der Waals surface area contributed by atoms with E-state index in [4.69, 9.17) is 11.6 Å². The fourth-order valence-corrected chi connectivity index (χ4v) is 1.47. The number of rotatable bonds is 5. The lowest BCUT2D eigenvalue weighted by Crippen LogP contribution is -2.37. The van der Waals surface area contributed by atoms with E-state index in [9.17, 15) is 0 Å². The van der Waals surface area contributed by atoms with Gasteiger partial charge in [0.15, 0.2) is 5.96 Å². The molecule has 1 aromatic carbocycles. The number of aliphatic imine (C=N–C) groups is 1. The number of halogens is 2. The van der Waals surface area contributed by atoms with Crippen LogP contribution in [0.4, 0.5) is 0 Å². The van der Waals surface area contributed by atoms with Crippen LogP contribution < -0.4 is 10.6 Å². The van der Waals surface area contributed by atoms with Crippen molar-refractivity contribution in [3.8, 4) is 0 Å². The third kappa shape index (κ3) is 7.06. The lowest BCUT2D eigenvalue weighted by atomic mass is 10.2. The predicted octanol–water partition coefficient (Wildman–Crippen LogP) is 3.42. The van der Waals surface area contributed by atoms with E-state index in [2.05, 4.69) is 29.5 Å². The standard InChI is InChI=1S/C13H20ClN3.HI/c1-3-9-16-13(15-4-2)17-10-11-5-7-12(14)8-6-11;/h5-8H,3-4,9-10H2,1-2H3,(H2,15,16,17);1H. The minimum absolute atomic E-state index is 0. The average molecular weight is 382 g/mol. The highest BCUT2D eigenvalue weighted by molar-refractivity contribution is 14.0. The smallest absolute Gasteiger partial charge is 0.191 e. The Morgan fingerprint density at radius 3 is 2.39 bits per heavy atom. The van der Waals surface area contributed by atoms with E-state index in [1.165, 1.54) is 0 Å². The van der Waals surface area contributed by atoms with Gasteiger partial charge in [0.1, 0.15) is 0 Å². The van der Waals surface area contributed by atoms with Crippen molar-refractivity contribution in [2.45, 2.75) is 26.8 Å². The fourth-order valence-electron chi connectivity index (χ4n) is 1.35. The van der Waals surface area contributed by atoms with E-state index in [1.807, 2.05) is 24.3 Å². The van der Waals surface area contributed by atoms with E-state index in [1.54, 1.807) is 0 Å². The third-order valence-electron chi connectivity index (χ3n) is 2.22. The molecular formula is C13H21ClIN3. The van der Waals surface area contributed by atoms with Gasteiger partial charge in [0.05, 0.1) is 6.54 Å².